The predicted molar refractivity (Wildman–Crippen MR) is 95.7 cm³/mol. The van der Waals surface area contributed by atoms with Gasteiger partial charge in [-0.3, -0.25) is 9.48 Å². The monoisotopic (exact) mass is 341 g/mol. The van der Waals surface area contributed by atoms with Crippen molar-refractivity contribution in [3.05, 3.63) is 47.5 Å². The first kappa shape index (κ1) is 17.1. The quantitative estimate of drug-likeness (QED) is 0.712. The maximum atomic E-state index is 13.3. The molecule has 0 spiro atoms. The fourth-order valence-electron chi connectivity index (χ4n) is 2.97. The number of fused-ring (bicyclic) bond motifs is 1. The van der Waals surface area contributed by atoms with Crippen molar-refractivity contribution < 1.29 is 13.9 Å². The second kappa shape index (κ2) is 6.63. The Morgan fingerprint density at radius 1 is 1.40 bits per heavy atom. The molecule has 1 amide bonds. The van der Waals surface area contributed by atoms with E-state index in [0.717, 1.165) is 10.9 Å². The van der Waals surface area contributed by atoms with Crippen LogP contribution in [-0.4, -0.2) is 33.7 Å². The highest BCUT2D eigenvalue weighted by molar-refractivity contribution is 6.07. The number of aryl methyl sites for hydroxylation is 2. The summed E-state index contributed by atoms with van der Waals surface area (Å²) >= 11 is 0. The molecule has 2 aromatic heterocycles. The number of carbonyl (C=O) groups is 1. The summed E-state index contributed by atoms with van der Waals surface area (Å²) in [6, 6.07) is 5.55. The largest absolute Gasteiger partial charge is 0.497 e. The first-order valence-electron chi connectivity index (χ1n) is 8.26. The number of hydrogen-bond acceptors (Lipinski definition) is 4. The average molecular weight is 341 g/mol. The fourth-order valence-corrected chi connectivity index (χ4v) is 2.97. The average Bonchev–Trinajstić information content (AvgIpc) is 3.13. The highest BCUT2D eigenvalue weighted by atomic mass is 16.5. The van der Waals surface area contributed by atoms with Crippen LogP contribution < -0.4 is 4.74 Å². The lowest BCUT2D eigenvalue weighted by atomic mass is 10.1. The first-order chi connectivity index (χ1) is 11.9. The molecule has 0 aliphatic heterocycles. The number of aromatic nitrogens is 2. The van der Waals surface area contributed by atoms with E-state index in [1.807, 2.05) is 57.1 Å². The molecule has 6 nitrogen and oxygen atoms in total. The van der Waals surface area contributed by atoms with Crippen LogP contribution in [0.15, 0.2) is 35.0 Å². The third kappa shape index (κ3) is 3.24. The van der Waals surface area contributed by atoms with Crippen molar-refractivity contribution in [1.82, 2.24) is 14.7 Å². The zero-order chi connectivity index (χ0) is 18.1. The molecule has 0 N–H and O–H groups in total. The van der Waals surface area contributed by atoms with Crippen molar-refractivity contribution in [3.63, 3.8) is 0 Å². The molecular weight excluding hydrogens is 318 g/mol. The number of rotatable bonds is 5. The molecule has 0 fully saturated rings. The van der Waals surface area contributed by atoms with Gasteiger partial charge >= 0.3 is 0 Å². The molecule has 132 valence electrons. The van der Waals surface area contributed by atoms with E-state index >= 15 is 0 Å². The number of amides is 1. The zero-order valence-corrected chi connectivity index (χ0v) is 15.2. The Hall–Kier alpha value is -2.76. The van der Waals surface area contributed by atoms with E-state index in [4.69, 9.17) is 9.15 Å². The van der Waals surface area contributed by atoms with Crippen molar-refractivity contribution in [2.24, 2.45) is 7.05 Å². The molecule has 6 heteroatoms. The molecule has 0 unspecified atom stereocenters. The number of benzene rings is 1. The van der Waals surface area contributed by atoms with Crippen LogP contribution in [0.5, 0.6) is 5.75 Å². The highest BCUT2D eigenvalue weighted by Gasteiger charge is 2.26. The van der Waals surface area contributed by atoms with Crippen molar-refractivity contribution in [3.8, 4) is 5.75 Å². The third-order valence-electron chi connectivity index (χ3n) is 4.28. The Kier molecular flexibility index (Phi) is 4.53. The van der Waals surface area contributed by atoms with E-state index in [9.17, 15) is 4.79 Å². The number of methoxy groups -OCH3 is 1. The smallest absolute Gasteiger partial charge is 0.258 e. The SMILES string of the molecule is COc1ccc2oc(C)c(C(=O)N(Cc3cnn(C)c3)C(C)C)c2c1. The number of nitrogens with zero attached hydrogens (tertiary/aromatic N) is 3. The molecule has 0 saturated carbocycles. The predicted octanol–water partition coefficient (Wildman–Crippen LogP) is 3.53. The van der Waals surface area contributed by atoms with Gasteiger partial charge in [0.15, 0.2) is 0 Å². The minimum Gasteiger partial charge on any atom is -0.497 e. The highest BCUT2D eigenvalue weighted by Crippen LogP contribution is 2.30. The van der Waals surface area contributed by atoms with Crippen molar-refractivity contribution in [2.75, 3.05) is 7.11 Å². The number of carbonyl (C=O) groups excluding carboxylic acids is 1. The molecule has 3 aromatic rings. The summed E-state index contributed by atoms with van der Waals surface area (Å²) in [7, 11) is 3.48. The first-order valence-corrected chi connectivity index (χ1v) is 8.26. The molecule has 0 atom stereocenters. The Labute approximate surface area is 147 Å². The van der Waals surface area contributed by atoms with Gasteiger partial charge in [0.05, 0.1) is 18.9 Å². The van der Waals surface area contributed by atoms with E-state index in [0.29, 0.717) is 29.2 Å². The van der Waals surface area contributed by atoms with Crippen LogP contribution in [0, 0.1) is 6.92 Å². The fraction of sp³-hybridized carbons (Fsp3) is 0.368. The van der Waals surface area contributed by atoms with Gasteiger partial charge in [-0.1, -0.05) is 0 Å². The van der Waals surface area contributed by atoms with Gasteiger partial charge in [0.2, 0.25) is 0 Å². The van der Waals surface area contributed by atoms with E-state index in [1.165, 1.54) is 0 Å². The molecule has 3 rings (SSSR count). The van der Waals surface area contributed by atoms with E-state index < -0.39 is 0 Å². The van der Waals surface area contributed by atoms with Crippen LogP contribution in [0.3, 0.4) is 0 Å². The van der Waals surface area contributed by atoms with Gasteiger partial charge in [-0.15, -0.1) is 0 Å². The normalized spacial score (nSPS) is 11.3. The molecular formula is C19H23N3O3. The standard InChI is InChI=1S/C19H23N3O3/c1-12(2)22(11-14-9-20-21(4)10-14)19(23)18-13(3)25-17-7-6-15(24-5)8-16(17)18/h6-10,12H,11H2,1-5H3. The molecule has 1 aromatic carbocycles. The maximum Gasteiger partial charge on any atom is 0.258 e. The Balaban J connectivity index is 2.02. The van der Waals surface area contributed by atoms with Gasteiger partial charge in [0.25, 0.3) is 5.91 Å². The van der Waals surface area contributed by atoms with Gasteiger partial charge in [-0.2, -0.15) is 5.10 Å². The summed E-state index contributed by atoms with van der Waals surface area (Å²) in [5.41, 5.74) is 2.27. The van der Waals surface area contributed by atoms with Gasteiger partial charge < -0.3 is 14.1 Å². The summed E-state index contributed by atoms with van der Waals surface area (Å²) in [4.78, 5) is 15.1. The molecule has 0 saturated heterocycles. The van der Waals surface area contributed by atoms with Gasteiger partial charge in [0, 0.05) is 36.8 Å². The molecule has 25 heavy (non-hydrogen) atoms. The molecule has 0 aliphatic carbocycles. The van der Waals surface area contributed by atoms with Crippen LogP contribution in [0.25, 0.3) is 11.0 Å². The minimum absolute atomic E-state index is 0.0441. The Bertz CT molecular complexity index is 908. The van der Waals surface area contributed by atoms with Crippen LogP contribution >= 0.6 is 0 Å². The second-order valence-electron chi connectivity index (χ2n) is 6.44. The van der Waals surface area contributed by atoms with Crippen LogP contribution in [0.1, 0.15) is 35.5 Å². The van der Waals surface area contributed by atoms with E-state index in [2.05, 4.69) is 5.10 Å². The van der Waals surface area contributed by atoms with Gasteiger partial charge in [-0.25, -0.2) is 0 Å². The summed E-state index contributed by atoms with van der Waals surface area (Å²) in [5, 5.41) is 4.96. The minimum atomic E-state index is -0.0524. The lowest BCUT2D eigenvalue weighted by molar-refractivity contribution is 0.0690. The second-order valence-corrected chi connectivity index (χ2v) is 6.44. The maximum absolute atomic E-state index is 13.3. The molecule has 0 aliphatic rings. The lowest BCUT2D eigenvalue weighted by Crippen LogP contribution is -2.36. The van der Waals surface area contributed by atoms with Crippen LogP contribution in [0.2, 0.25) is 0 Å². The van der Waals surface area contributed by atoms with Gasteiger partial charge in [-0.05, 0) is 39.0 Å². The molecule has 0 bridgehead atoms. The Morgan fingerprint density at radius 3 is 2.76 bits per heavy atom. The van der Waals surface area contributed by atoms with Crippen molar-refractivity contribution in [2.45, 2.75) is 33.4 Å². The van der Waals surface area contributed by atoms with Crippen molar-refractivity contribution >= 4 is 16.9 Å². The van der Waals surface area contributed by atoms with E-state index in [-0.39, 0.29) is 11.9 Å². The number of furan rings is 1. The van der Waals surface area contributed by atoms with Crippen molar-refractivity contribution in [1.29, 1.82) is 0 Å². The topological polar surface area (TPSA) is 60.5 Å². The molecule has 2 heterocycles. The number of ether oxygens (including phenoxy) is 1. The summed E-state index contributed by atoms with van der Waals surface area (Å²) in [6.45, 7) is 6.33. The summed E-state index contributed by atoms with van der Waals surface area (Å²) < 4.78 is 12.8. The number of hydrogen-bond donors (Lipinski definition) is 0. The van der Waals surface area contributed by atoms with Crippen LogP contribution in [0.4, 0.5) is 0 Å². The van der Waals surface area contributed by atoms with Gasteiger partial charge in [0.1, 0.15) is 17.1 Å². The van der Waals surface area contributed by atoms with Crippen LogP contribution in [-0.2, 0) is 13.6 Å². The molecule has 0 radical (unpaired) electrons. The zero-order valence-electron chi connectivity index (χ0n) is 15.2. The third-order valence-corrected chi connectivity index (χ3v) is 4.28. The summed E-state index contributed by atoms with van der Waals surface area (Å²) in [5.74, 6) is 1.26. The lowest BCUT2D eigenvalue weighted by Gasteiger charge is -2.26. The summed E-state index contributed by atoms with van der Waals surface area (Å²) in [6.07, 6.45) is 3.71. The Morgan fingerprint density at radius 2 is 2.16 bits per heavy atom. The van der Waals surface area contributed by atoms with E-state index in [1.54, 1.807) is 18.0 Å².